The summed E-state index contributed by atoms with van der Waals surface area (Å²) in [5.74, 6) is 2.16. The van der Waals surface area contributed by atoms with Gasteiger partial charge in [0.1, 0.15) is 5.75 Å². The van der Waals surface area contributed by atoms with E-state index in [1.54, 1.807) is 25.3 Å². The summed E-state index contributed by atoms with van der Waals surface area (Å²) >= 11 is 13.7. The van der Waals surface area contributed by atoms with Gasteiger partial charge in [0.05, 0.1) is 28.5 Å². The van der Waals surface area contributed by atoms with E-state index in [9.17, 15) is 0 Å². The van der Waals surface area contributed by atoms with E-state index >= 15 is 0 Å². The predicted octanol–water partition coefficient (Wildman–Crippen LogP) is 5.34. The molecule has 118 valence electrons. The Hall–Kier alpha value is -1.69. The molecular weight excluding hydrogens is 355 g/mol. The van der Waals surface area contributed by atoms with Crippen LogP contribution < -0.4 is 4.74 Å². The molecule has 23 heavy (non-hydrogen) atoms. The molecule has 0 radical (unpaired) electrons. The largest absolute Gasteiger partial charge is 0.496 e. The van der Waals surface area contributed by atoms with Crippen molar-refractivity contribution >= 4 is 35.0 Å². The van der Waals surface area contributed by atoms with Crippen LogP contribution in [0.4, 0.5) is 0 Å². The second-order valence-corrected chi connectivity index (χ2v) is 6.35. The van der Waals surface area contributed by atoms with Crippen molar-refractivity contribution in [1.82, 2.24) is 10.1 Å². The molecule has 0 fully saturated rings. The molecule has 0 amide bonds. The van der Waals surface area contributed by atoms with E-state index in [1.807, 2.05) is 24.3 Å². The van der Waals surface area contributed by atoms with Crippen molar-refractivity contribution in [3.63, 3.8) is 0 Å². The van der Waals surface area contributed by atoms with Crippen LogP contribution in [0.2, 0.25) is 10.0 Å². The first-order valence-corrected chi connectivity index (χ1v) is 8.46. The number of methoxy groups -OCH3 is 1. The van der Waals surface area contributed by atoms with E-state index in [1.165, 1.54) is 11.8 Å². The van der Waals surface area contributed by atoms with Crippen LogP contribution >= 0.6 is 35.0 Å². The van der Waals surface area contributed by atoms with Gasteiger partial charge in [-0.15, -0.1) is 11.8 Å². The van der Waals surface area contributed by atoms with Crippen molar-refractivity contribution in [1.29, 1.82) is 0 Å². The molecule has 0 N–H and O–H groups in total. The van der Waals surface area contributed by atoms with Crippen molar-refractivity contribution < 1.29 is 9.26 Å². The number of hydrogen-bond donors (Lipinski definition) is 0. The fraction of sp³-hybridized carbons (Fsp3) is 0.125. The highest BCUT2D eigenvalue weighted by Gasteiger charge is 2.14. The third-order valence-corrected chi connectivity index (χ3v) is 5.05. The predicted molar refractivity (Wildman–Crippen MR) is 92.3 cm³/mol. The van der Waals surface area contributed by atoms with Gasteiger partial charge in [-0.1, -0.05) is 46.6 Å². The van der Waals surface area contributed by atoms with E-state index in [4.69, 9.17) is 32.5 Å². The molecule has 0 unspecified atom stereocenters. The summed E-state index contributed by atoms with van der Waals surface area (Å²) in [5, 5.41) is 5.21. The van der Waals surface area contributed by atoms with Crippen molar-refractivity contribution in [2.45, 2.75) is 10.6 Å². The number of rotatable bonds is 5. The lowest BCUT2D eigenvalue weighted by molar-refractivity contribution is 0.390. The van der Waals surface area contributed by atoms with Crippen molar-refractivity contribution in [3.05, 3.63) is 58.4 Å². The van der Waals surface area contributed by atoms with Crippen molar-refractivity contribution in [3.8, 4) is 17.1 Å². The first-order valence-electron chi connectivity index (χ1n) is 6.72. The SMILES string of the molecule is COc1ccccc1-c1noc(CSc2c(Cl)cccc2Cl)n1. The number of halogens is 2. The van der Waals surface area contributed by atoms with Crippen molar-refractivity contribution in [2.75, 3.05) is 7.11 Å². The standard InChI is InChI=1S/C16H12Cl2N2O2S/c1-21-13-8-3-2-5-10(13)16-19-14(22-20-16)9-23-15-11(17)6-4-7-12(15)18/h2-8H,9H2,1H3. The number of para-hydroxylation sites is 1. The zero-order valence-electron chi connectivity index (χ0n) is 12.1. The number of aromatic nitrogens is 2. The molecule has 1 heterocycles. The highest BCUT2D eigenvalue weighted by Crippen LogP contribution is 2.36. The molecule has 0 saturated heterocycles. The molecule has 0 bridgehead atoms. The van der Waals surface area contributed by atoms with E-state index < -0.39 is 0 Å². The van der Waals surface area contributed by atoms with Crippen LogP contribution in [-0.2, 0) is 5.75 Å². The summed E-state index contributed by atoms with van der Waals surface area (Å²) in [7, 11) is 1.61. The Kier molecular flexibility index (Phi) is 5.10. The third-order valence-electron chi connectivity index (χ3n) is 3.07. The van der Waals surface area contributed by atoms with Crippen molar-refractivity contribution in [2.24, 2.45) is 0 Å². The van der Waals surface area contributed by atoms with Gasteiger partial charge in [-0.3, -0.25) is 0 Å². The van der Waals surface area contributed by atoms with Gasteiger partial charge in [0.25, 0.3) is 0 Å². The molecule has 7 heteroatoms. The Labute approximate surface area is 147 Å². The summed E-state index contributed by atoms with van der Waals surface area (Å²) in [6.07, 6.45) is 0. The first kappa shape index (κ1) is 16.2. The minimum Gasteiger partial charge on any atom is -0.496 e. The van der Waals surface area contributed by atoms with Crippen LogP contribution in [0.3, 0.4) is 0 Å². The summed E-state index contributed by atoms with van der Waals surface area (Å²) < 4.78 is 10.6. The lowest BCUT2D eigenvalue weighted by atomic mass is 10.2. The molecule has 0 spiro atoms. The maximum Gasteiger partial charge on any atom is 0.237 e. The Balaban J connectivity index is 1.78. The van der Waals surface area contributed by atoms with Crippen LogP contribution in [0.5, 0.6) is 5.75 Å². The number of benzene rings is 2. The highest BCUT2D eigenvalue weighted by molar-refractivity contribution is 7.98. The molecule has 2 aromatic carbocycles. The van der Waals surface area contributed by atoms with E-state index in [0.29, 0.717) is 33.3 Å². The summed E-state index contributed by atoms with van der Waals surface area (Å²) in [6, 6.07) is 12.9. The van der Waals surface area contributed by atoms with E-state index in [0.717, 1.165) is 10.5 Å². The number of thioether (sulfide) groups is 1. The third kappa shape index (κ3) is 3.63. The maximum absolute atomic E-state index is 6.15. The normalized spacial score (nSPS) is 10.7. The van der Waals surface area contributed by atoms with E-state index in [2.05, 4.69) is 10.1 Å². The number of hydrogen-bond acceptors (Lipinski definition) is 5. The second kappa shape index (κ2) is 7.25. The maximum atomic E-state index is 6.15. The van der Waals surface area contributed by atoms with Crippen LogP contribution in [0.1, 0.15) is 5.89 Å². The summed E-state index contributed by atoms with van der Waals surface area (Å²) in [4.78, 5) is 5.20. The van der Waals surface area contributed by atoms with Gasteiger partial charge in [0.15, 0.2) is 0 Å². The fourth-order valence-corrected chi connectivity index (χ4v) is 3.53. The molecule has 3 rings (SSSR count). The molecule has 0 aliphatic heterocycles. The van der Waals surface area contributed by atoms with Gasteiger partial charge in [-0.05, 0) is 24.3 Å². The van der Waals surface area contributed by atoms with Gasteiger partial charge in [-0.25, -0.2) is 0 Å². The fourth-order valence-electron chi connectivity index (χ4n) is 2.01. The molecule has 1 aromatic heterocycles. The summed E-state index contributed by atoms with van der Waals surface area (Å²) in [6.45, 7) is 0. The Morgan fingerprint density at radius 1 is 1.09 bits per heavy atom. The van der Waals surface area contributed by atoms with Gasteiger partial charge in [0.2, 0.25) is 11.7 Å². The van der Waals surface area contributed by atoms with Gasteiger partial charge < -0.3 is 9.26 Å². The topological polar surface area (TPSA) is 48.2 Å². The number of ether oxygens (including phenoxy) is 1. The zero-order valence-corrected chi connectivity index (χ0v) is 14.5. The lowest BCUT2D eigenvalue weighted by Gasteiger charge is -2.04. The lowest BCUT2D eigenvalue weighted by Crippen LogP contribution is -1.89. The van der Waals surface area contributed by atoms with Crippen LogP contribution in [0, 0.1) is 0 Å². The monoisotopic (exact) mass is 366 g/mol. The molecule has 0 saturated carbocycles. The molecule has 4 nitrogen and oxygen atoms in total. The Morgan fingerprint density at radius 2 is 1.83 bits per heavy atom. The average molecular weight is 367 g/mol. The molecule has 0 aliphatic carbocycles. The molecule has 3 aromatic rings. The van der Waals surface area contributed by atoms with Crippen LogP contribution in [0.15, 0.2) is 51.9 Å². The van der Waals surface area contributed by atoms with Gasteiger partial charge >= 0.3 is 0 Å². The average Bonchev–Trinajstić information content (AvgIpc) is 3.03. The second-order valence-electron chi connectivity index (χ2n) is 4.55. The quantitative estimate of drug-likeness (QED) is 0.570. The number of nitrogens with zero attached hydrogens (tertiary/aromatic N) is 2. The Morgan fingerprint density at radius 3 is 2.57 bits per heavy atom. The van der Waals surface area contributed by atoms with Crippen LogP contribution in [-0.4, -0.2) is 17.3 Å². The van der Waals surface area contributed by atoms with Gasteiger partial charge in [-0.2, -0.15) is 4.98 Å². The van der Waals surface area contributed by atoms with Gasteiger partial charge in [0, 0.05) is 4.90 Å². The summed E-state index contributed by atoms with van der Waals surface area (Å²) in [5.41, 5.74) is 0.783. The molecule has 0 aliphatic rings. The molecule has 0 atom stereocenters. The zero-order chi connectivity index (χ0) is 16.2. The minimum absolute atomic E-state index is 0.478. The molecular formula is C16H12Cl2N2O2S. The minimum atomic E-state index is 0.478. The smallest absolute Gasteiger partial charge is 0.237 e. The highest BCUT2D eigenvalue weighted by atomic mass is 35.5. The van der Waals surface area contributed by atoms with Crippen LogP contribution in [0.25, 0.3) is 11.4 Å². The first-order chi connectivity index (χ1) is 11.2. The Bertz CT molecular complexity index is 803. The van der Waals surface area contributed by atoms with E-state index in [-0.39, 0.29) is 0 Å².